The maximum absolute atomic E-state index is 5.95. The van der Waals surface area contributed by atoms with Crippen LogP contribution in [0.2, 0.25) is 5.02 Å². The predicted octanol–water partition coefficient (Wildman–Crippen LogP) is 4.49. The van der Waals surface area contributed by atoms with E-state index in [1.54, 1.807) is 11.3 Å². The van der Waals surface area contributed by atoms with E-state index in [9.17, 15) is 0 Å². The van der Waals surface area contributed by atoms with Gasteiger partial charge in [0.2, 0.25) is 0 Å². The number of nitrogens with zero attached hydrogens (tertiary/aromatic N) is 2. The van der Waals surface area contributed by atoms with Crippen molar-refractivity contribution in [2.45, 2.75) is 19.4 Å². The fourth-order valence-corrected chi connectivity index (χ4v) is 4.58. The second-order valence-corrected chi connectivity index (χ2v) is 7.83. The highest BCUT2D eigenvalue weighted by Gasteiger charge is 2.40. The van der Waals surface area contributed by atoms with E-state index in [2.05, 4.69) is 15.6 Å². The van der Waals surface area contributed by atoms with Crippen LogP contribution < -0.4 is 5.32 Å². The molecule has 2 fully saturated rings. The molecule has 1 aromatic heterocycles. The van der Waals surface area contributed by atoms with Crippen molar-refractivity contribution < 1.29 is 0 Å². The van der Waals surface area contributed by atoms with Crippen molar-refractivity contribution in [1.29, 1.82) is 0 Å². The first-order valence-electron chi connectivity index (χ1n) is 7.86. The van der Waals surface area contributed by atoms with Crippen LogP contribution in [-0.2, 0) is 6.54 Å². The minimum atomic E-state index is 0. The lowest BCUT2D eigenvalue weighted by atomic mass is 9.87. The summed E-state index contributed by atoms with van der Waals surface area (Å²) in [6, 6.07) is 7.94. The molecule has 7 heteroatoms. The van der Waals surface area contributed by atoms with Crippen LogP contribution in [-0.4, -0.2) is 36.1 Å². The molecule has 132 valence electrons. The Morgan fingerprint density at radius 2 is 2.00 bits per heavy atom. The van der Waals surface area contributed by atoms with Crippen LogP contribution in [0.25, 0.3) is 10.6 Å². The number of nitrogens with one attached hydrogen (secondary N) is 1. The van der Waals surface area contributed by atoms with Crippen molar-refractivity contribution in [2.75, 3.05) is 26.2 Å². The van der Waals surface area contributed by atoms with Gasteiger partial charge in [-0.15, -0.1) is 36.2 Å². The molecule has 1 aromatic carbocycles. The van der Waals surface area contributed by atoms with Crippen LogP contribution in [0, 0.1) is 5.41 Å². The highest BCUT2D eigenvalue weighted by molar-refractivity contribution is 7.13. The van der Waals surface area contributed by atoms with Crippen LogP contribution in [0.3, 0.4) is 0 Å². The minimum absolute atomic E-state index is 0. The molecule has 2 aliphatic heterocycles. The van der Waals surface area contributed by atoms with Gasteiger partial charge in [0.15, 0.2) is 0 Å². The van der Waals surface area contributed by atoms with E-state index in [-0.39, 0.29) is 24.8 Å². The van der Waals surface area contributed by atoms with E-state index in [0.29, 0.717) is 5.41 Å². The lowest BCUT2D eigenvalue weighted by molar-refractivity contribution is 0.267. The zero-order valence-corrected chi connectivity index (χ0v) is 16.5. The van der Waals surface area contributed by atoms with Crippen molar-refractivity contribution in [1.82, 2.24) is 15.2 Å². The van der Waals surface area contributed by atoms with Crippen molar-refractivity contribution in [3.8, 4) is 10.6 Å². The monoisotopic (exact) mass is 405 g/mol. The van der Waals surface area contributed by atoms with E-state index >= 15 is 0 Å². The molecule has 3 nitrogen and oxygen atoms in total. The highest BCUT2D eigenvalue weighted by Crippen LogP contribution is 2.36. The first-order valence-corrected chi connectivity index (χ1v) is 9.12. The van der Waals surface area contributed by atoms with Gasteiger partial charge in [0, 0.05) is 35.6 Å². The Hall–Kier alpha value is -0.360. The van der Waals surface area contributed by atoms with Crippen LogP contribution >= 0.6 is 47.8 Å². The first kappa shape index (κ1) is 20.0. The average Bonchev–Trinajstić information content (AvgIpc) is 3.24. The largest absolute Gasteiger partial charge is 0.316 e. The number of rotatable bonds is 3. The summed E-state index contributed by atoms with van der Waals surface area (Å²) in [5.41, 5.74) is 2.88. The third-order valence-electron chi connectivity index (χ3n) is 4.88. The molecule has 0 saturated carbocycles. The molecular weight excluding hydrogens is 385 g/mol. The molecule has 0 bridgehead atoms. The molecule has 3 heterocycles. The number of thiazole rings is 1. The number of benzene rings is 1. The Labute approximate surface area is 164 Å². The van der Waals surface area contributed by atoms with Crippen LogP contribution in [0.5, 0.6) is 0 Å². The Balaban J connectivity index is 0.00000104. The molecule has 0 amide bonds. The van der Waals surface area contributed by atoms with E-state index in [1.165, 1.54) is 44.7 Å². The number of hydrogen-bond donors (Lipinski definition) is 1. The number of likely N-dealkylation sites (tertiary alicyclic amines) is 1. The topological polar surface area (TPSA) is 28.2 Å². The molecule has 24 heavy (non-hydrogen) atoms. The Morgan fingerprint density at radius 3 is 2.71 bits per heavy atom. The number of aromatic nitrogens is 1. The zero-order valence-electron chi connectivity index (χ0n) is 13.3. The molecule has 1 atom stereocenters. The summed E-state index contributed by atoms with van der Waals surface area (Å²) in [7, 11) is 0. The zero-order chi connectivity index (χ0) is 15.0. The summed E-state index contributed by atoms with van der Waals surface area (Å²) in [4.78, 5) is 7.37. The summed E-state index contributed by atoms with van der Waals surface area (Å²) >= 11 is 7.67. The Morgan fingerprint density at radius 1 is 1.21 bits per heavy atom. The standard InChI is InChI=1S/C17H20ClN3S.2ClH/c18-14-3-1-13(2-4-14)16-20-15(10-22-16)9-21-8-6-17(12-21)5-7-19-11-17;;/h1-4,10,19H,5-9,11-12H2;2*1H. The molecule has 2 saturated heterocycles. The molecular formula is C17H22Cl3N3S. The van der Waals surface area contributed by atoms with E-state index < -0.39 is 0 Å². The fourth-order valence-electron chi connectivity index (χ4n) is 3.64. The van der Waals surface area contributed by atoms with Gasteiger partial charge in [-0.05, 0) is 43.5 Å². The minimum Gasteiger partial charge on any atom is -0.316 e. The molecule has 4 rings (SSSR count). The highest BCUT2D eigenvalue weighted by atomic mass is 35.5. The quantitative estimate of drug-likeness (QED) is 0.814. The molecule has 2 aliphatic rings. The third kappa shape index (κ3) is 4.24. The van der Waals surface area contributed by atoms with Crippen molar-refractivity contribution >= 4 is 47.8 Å². The van der Waals surface area contributed by atoms with Gasteiger partial charge in [-0.25, -0.2) is 4.98 Å². The molecule has 2 aromatic rings. The second kappa shape index (κ2) is 8.35. The van der Waals surface area contributed by atoms with Gasteiger partial charge in [0.05, 0.1) is 5.69 Å². The van der Waals surface area contributed by atoms with Gasteiger partial charge in [0.25, 0.3) is 0 Å². The second-order valence-electron chi connectivity index (χ2n) is 6.54. The van der Waals surface area contributed by atoms with Gasteiger partial charge in [0.1, 0.15) is 5.01 Å². The molecule has 1 N–H and O–H groups in total. The fraction of sp³-hybridized carbons (Fsp3) is 0.471. The van der Waals surface area contributed by atoms with Gasteiger partial charge in [-0.2, -0.15) is 0 Å². The normalized spacial score (nSPS) is 23.2. The van der Waals surface area contributed by atoms with Crippen LogP contribution in [0.15, 0.2) is 29.6 Å². The average molecular weight is 407 g/mol. The van der Waals surface area contributed by atoms with Crippen LogP contribution in [0.4, 0.5) is 0 Å². The smallest absolute Gasteiger partial charge is 0.123 e. The van der Waals surface area contributed by atoms with Gasteiger partial charge >= 0.3 is 0 Å². The SMILES string of the molecule is Cl.Cl.Clc1ccc(-c2nc(CN3CCC4(CCNC4)C3)cs2)cc1. The lowest BCUT2D eigenvalue weighted by Crippen LogP contribution is -2.29. The summed E-state index contributed by atoms with van der Waals surface area (Å²) in [5.74, 6) is 0. The van der Waals surface area contributed by atoms with Gasteiger partial charge < -0.3 is 5.32 Å². The number of hydrogen-bond acceptors (Lipinski definition) is 4. The predicted molar refractivity (Wildman–Crippen MR) is 107 cm³/mol. The van der Waals surface area contributed by atoms with Crippen molar-refractivity contribution in [3.63, 3.8) is 0 Å². The van der Waals surface area contributed by atoms with Crippen molar-refractivity contribution in [2.24, 2.45) is 5.41 Å². The van der Waals surface area contributed by atoms with Gasteiger partial charge in [-0.1, -0.05) is 23.7 Å². The molecule has 1 spiro atoms. The summed E-state index contributed by atoms with van der Waals surface area (Å²) in [6.07, 6.45) is 2.66. The maximum atomic E-state index is 5.95. The molecule has 0 radical (unpaired) electrons. The third-order valence-corrected chi connectivity index (χ3v) is 6.07. The van der Waals surface area contributed by atoms with E-state index in [0.717, 1.165) is 22.1 Å². The van der Waals surface area contributed by atoms with Crippen molar-refractivity contribution in [3.05, 3.63) is 40.4 Å². The first-order chi connectivity index (χ1) is 10.7. The Bertz CT molecular complexity index is 653. The Kier molecular flexibility index (Phi) is 6.94. The summed E-state index contributed by atoms with van der Waals surface area (Å²) in [5, 5.41) is 7.57. The summed E-state index contributed by atoms with van der Waals surface area (Å²) in [6.45, 7) is 5.77. The van der Waals surface area contributed by atoms with Gasteiger partial charge in [-0.3, -0.25) is 4.90 Å². The van der Waals surface area contributed by atoms with E-state index in [1.807, 2.05) is 24.3 Å². The lowest BCUT2D eigenvalue weighted by Gasteiger charge is -2.22. The maximum Gasteiger partial charge on any atom is 0.123 e. The molecule has 0 aliphatic carbocycles. The van der Waals surface area contributed by atoms with E-state index in [4.69, 9.17) is 16.6 Å². The molecule has 1 unspecified atom stereocenters. The number of halogens is 3. The summed E-state index contributed by atoms with van der Waals surface area (Å²) < 4.78 is 0. The van der Waals surface area contributed by atoms with Crippen LogP contribution in [0.1, 0.15) is 18.5 Å².